The molecule has 0 fully saturated rings. The van der Waals surface area contributed by atoms with Crippen LogP contribution < -0.4 is 9.64 Å². The molecule has 0 saturated heterocycles. The van der Waals surface area contributed by atoms with Gasteiger partial charge < -0.3 is 14.6 Å². The van der Waals surface area contributed by atoms with Gasteiger partial charge in [0.05, 0.1) is 30.5 Å². The lowest BCUT2D eigenvalue weighted by molar-refractivity contribution is 0.0526. The molecule has 2 heterocycles. The van der Waals surface area contributed by atoms with Gasteiger partial charge in [-0.1, -0.05) is 36.4 Å². The summed E-state index contributed by atoms with van der Waals surface area (Å²) in [6.45, 7) is 4.25. The first-order valence-corrected chi connectivity index (χ1v) is 11.7. The number of ether oxygens (including phenoxy) is 2. The van der Waals surface area contributed by atoms with E-state index in [2.05, 4.69) is 10.2 Å². The Morgan fingerprint density at radius 3 is 2.47 bits per heavy atom. The second-order valence-electron chi connectivity index (χ2n) is 8.23. The number of fused-ring (bicyclic) bond motifs is 1. The predicted octanol–water partition coefficient (Wildman–Crippen LogP) is 5.11. The summed E-state index contributed by atoms with van der Waals surface area (Å²) in [4.78, 5) is 27.5. The van der Waals surface area contributed by atoms with Crippen molar-refractivity contribution in [1.29, 1.82) is 0 Å². The molecule has 0 radical (unpaired) electrons. The van der Waals surface area contributed by atoms with E-state index >= 15 is 0 Å². The third-order valence-corrected chi connectivity index (χ3v) is 6.07. The number of nitrogens with one attached hydrogen (secondary N) is 1. The Kier molecular flexibility index (Phi) is 6.16. The second kappa shape index (κ2) is 9.58. The first-order chi connectivity index (χ1) is 17.5. The van der Waals surface area contributed by atoms with Crippen molar-refractivity contribution in [2.24, 2.45) is 0 Å². The Balaban J connectivity index is 1.65. The molecule has 8 nitrogen and oxygen atoms in total. The number of aromatic amines is 1. The minimum Gasteiger partial charge on any atom is -0.504 e. The number of aromatic hydroxyl groups is 1. The number of carbonyl (C=O) groups excluding carboxylic acids is 2. The van der Waals surface area contributed by atoms with Gasteiger partial charge in [0, 0.05) is 16.8 Å². The van der Waals surface area contributed by atoms with Crippen LogP contribution in [-0.2, 0) is 4.74 Å². The number of nitrogens with zero attached hydrogens (tertiary/aromatic N) is 2. The zero-order valence-corrected chi connectivity index (χ0v) is 19.9. The number of rotatable bonds is 7. The SMILES string of the molecule is CCOC(=O)c1ccc(N2C(=O)c3[nH]nc(-c4ccccc4)c3[C@H]2c2ccc(O)c(OCC)c2)cc1. The van der Waals surface area contributed by atoms with Crippen molar-refractivity contribution in [3.63, 3.8) is 0 Å². The van der Waals surface area contributed by atoms with Crippen LogP contribution in [0.5, 0.6) is 11.5 Å². The normalized spacial score (nSPS) is 14.6. The van der Waals surface area contributed by atoms with Gasteiger partial charge in [-0.15, -0.1) is 0 Å². The average Bonchev–Trinajstić information content (AvgIpc) is 3.45. The number of carbonyl (C=O) groups is 2. The van der Waals surface area contributed by atoms with Crippen LogP contribution in [0.3, 0.4) is 0 Å². The molecule has 2 N–H and O–H groups in total. The van der Waals surface area contributed by atoms with Crippen molar-refractivity contribution < 1.29 is 24.2 Å². The van der Waals surface area contributed by atoms with E-state index in [0.717, 1.165) is 16.7 Å². The minimum absolute atomic E-state index is 0.0194. The summed E-state index contributed by atoms with van der Waals surface area (Å²) in [6, 6.07) is 20.9. The molecule has 0 bridgehead atoms. The Morgan fingerprint density at radius 2 is 1.78 bits per heavy atom. The van der Waals surface area contributed by atoms with Crippen LogP contribution in [0.15, 0.2) is 72.8 Å². The summed E-state index contributed by atoms with van der Waals surface area (Å²) in [5.41, 5.74) is 4.41. The summed E-state index contributed by atoms with van der Waals surface area (Å²) in [5, 5.41) is 17.7. The Hall–Kier alpha value is -4.59. The molecule has 0 unspecified atom stereocenters. The largest absolute Gasteiger partial charge is 0.504 e. The minimum atomic E-state index is -0.547. The molecule has 1 amide bonds. The number of aromatic nitrogens is 2. The summed E-state index contributed by atoms with van der Waals surface area (Å²) >= 11 is 0. The fourth-order valence-electron chi connectivity index (χ4n) is 4.49. The van der Waals surface area contributed by atoms with Crippen LogP contribution in [0.2, 0.25) is 0 Å². The van der Waals surface area contributed by atoms with Gasteiger partial charge in [0.25, 0.3) is 5.91 Å². The van der Waals surface area contributed by atoms with E-state index in [9.17, 15) is 14.7 Å². The number of hydrogen-bond acceptors (Lipinski definition) is 6. The number of esters is 1. The highest BCUT2D eigenvalue weighted by molar-refractivity contribution is 6.12. The van der Waals surface area contributed by atoms with E-state index in [-0.39, 0.29) is 18.3 Å². The molecule has 4 aromatic rings. The van der Waals surface area contributed by atoms with Crippen molar-refractivity contribution in [2.45, 2.75) is 19.9 Å². The van der Waals surface area contributed by atoms with Crippen molar-refractivity contribution in [1.82, 2.24) is 10.2 Å². The Bertz CT molecular complexity index is 1410. The molecule has 0 saturated carbocycles. The van der Waals surface area contributed by atoms with E-state index in [4.69, 9.17) is 9.47 Å². The van der Waals surface area contributed by atoms with Crippen LogP contribution in [0.4, 0.5) is 5.69 Å². The van der Waals surface area contributed by atoms with Gasteiger partial charge in [0.2, 0.25) is 0 Å². The van der Waals surface area contributed by atoms with Crippen molar-refractivity contribution >= 4 is 17.6 Å². The molecule has 36 heavy (non-hydrogen) atoms. The van der Waals surface area contributed by atoms with Gasteiger partial charge in [-0.25, -0.2) is 4.79 Å². The molecule has 0 aliphatic carbocycles. The molecule has 1 aliphatic heterocycles. The van der Waals surface area contributed by atoms with E-state index in [1.54, 1.807) is 54.3 Å². The molecule has 5 rings (SSSR count). The van der Waals surface area contributed by atoms with Gasteiger partial charge in [-0.05, 0) is 55.8 Å². The Morgan fingerprint density at radius 1 is 1.03 bits per heavy atom. The maximum Gasteiger partial charge on any atom is 0.338 e. The van der Waals surface area contributed by atoms with E-state index in [1.165, 1.54) is 0 Å². The average molecular weight is 484 g/mol. The molecule has 182 valence electrons. The lowest BCUT2D eigenvalue weighted by Crippen LogP contribution is -2.29. The number of H-pyrrole nitrogens is 1. The third kappa shape index (κ3) is 3.96. The first kappa shape index (κ1) is 23.2. The summed E-state index contributed by atoms with van der Waals surface area (Å²) in [7, 11) is 0. The molecular weight excluding hydrogens is 458 g/mol. The standard InChI is InChI=1S/C28H25N3O5/c1-3-35-22-16-19(12-15-21(22)32)26-23-24(17-8-6-5-7-9-17)29-30-25(23)27(33)31(26)20-13-10-18(11-14-20)28(34)36-4-2/h5-16,26,32H,3-4H2,1-2H3,(H,29,30)/t26-/m1/s1. The van der Waals surface area contributed by atoms with Gasteiger partial charge >= 0.3 is 5.97 Å². The van der Waals surface area contributed by atoms with Crippen LogP contribution in [0, 0.1) is 0 Å². The zero-order valence-electron chi connectivity index (χ0n) is 19.9. The van der Waals surface area contributed by atoms with E-state index in [0.29, 0.717) is 35.0 Å². The van der Waals surface area contributed by atoms with Gasteiger partial charge in [0.15, 0.2) is 11.5 Å². The summed E-state index contributed by atoms with van der Waals surface area (Å²) in [5.74, 6) is -0.321. The first-order valence-electron chi connectivity index (χ1n) is 11.7. The zero-order chi connectivity index (χ0) is 25.2. The molecular formula is C28H25N3O5. The van der Waals surface area contributed by atoms with Crippen LogP contribution in [-0.4, -0.2) is 40.4 Å². The lowest BCUT2D eigenvalue weighted by Gasteiger charge is -2.27. The van der Waals surface area contributed by atoms with E-state index in [1.807, 2.05) is 37.3 Å². The third-order valence-electron chi connectivity index (χ3n) is 6.07. The van der Waals surface area contributed by atoms with Crippen LogP contribution >= 0.6 is 0 Å². The molecule has 8 heteroatoms. The summed E-state index contributed by atoms with van der Waals surface area (Å²) in [6.07, 6.45) is 0. The second-order valence-corrected chi connectivity index (χ2v) is 8.23. The molecule has 0 spiro atoms. The smallest absolute Gasteiger partial charge is 0.338 e. The van der Waals surface area contributed by atoms with Crippen molar-refractivity contribution in [3.05, 3.63) is 95.2 Å². The molecule has 1 atom stereocenters. The van der Waals surface area contributed by atoms with Crippen molar-refractivity contribution in [3.8, 4) is 22.8 Å². The number of anilines is 1. The highest BCUT2D eigenvalue weighted by Crippen LogP contribution is 2.46. The topological polar surface area (TPSA) is 105 Å². The highest BCUT2D eigenvalue weighted by atomic mass is 16.5. The molecule has 1 aliphatic rings. The van der Waals surface area contributed by atoms with Gasteiger partial charge in [-0.3, -0.25) is 14.8 Å². The molecule has 1 aromatic heterocycles. The fourth-order valence-corrected chi connectivity index (χ4v) is 4.49. The number of hydrogen-bond donors (Lipinski definition) is 2. The van der Waals surface area contributed by atoms with Gasteiger partial charge in [0.1, 0.15) is 5.69 Å². The summed E-state index contributed by atoms with van der Waals surface area (Å²) < 4.78 is 10.7. The quantitative estimate of drug-likeness (QED) is 0.354. The van der Waals surface area contributed by atoms with Crippen LogP contribution in [0.25, 0.3) is 11.3 Å². The van der Waals surface area contributed by atoms with Crippen molar-refractivity contribution in [2.75, 3.05) is 18.1 Å². The fraction of sp³-hybridized carbons (Fsp3) is 0.179. The lowest BCUT2D eigenvalue weighted by atomic mass is 9.95. The number of amides is 1. The maximum absolute atomic E-state index is 13.7. The number of phenols is 1. The Labute approximate surface area is 208 Å². The van der Waals surface area contributed by atoms with E-state index < -0.39 is 12.0 Å². The maximum atomic E-state index is 13.7. The van der Waals surface area contributed by atoms with Gasteiger partial charge in [-0.2, -0.15) is 5.10 Å². The predicted molar refractivity (Wildman–Crippen MR) is 134 cm³/mol. The highest BCUT2D eigenvalue weighted by Gasteiger charge is 2.43. The number of phenolic OH excluding ortho intramolecular Hbond substituents is 1. The van der Waals surface area contributed by atoms with Crippen LogP contribution in [0.1, 0.15) is 51.9 Å². The monoisotopic (exact) mass is 483 g/mol. The molecule has 3 aromatic carbocycles. The number of benzene rings is 3.